The molecule has 0 aromatic carbocycles. The molecule has 0 saturated carbocycles. The van der Waals surface area contributed by atoms with Crippen LogP contribution in [-0.2, 0) is 22.5 Å². The highest BCUT2D eigenvalue weighted by Crippen LogP contribution is 2.55. The summed E-state index contributed by atoms with van der Waals surface area (Å²) < 4.78 is 41.3. The average molecular weight is 278 g/mol. The van der Waals surface area contributed by atoms with Gasteiger partial charge in [0.1, 0.15) is 0 Å². The van der Waals surface area contributed by atoms with Crippen molar-refractivity contribution in [3.63, 3.8) is 0 Å². The molecule has 0 heterocycles. The molecule has 0 rings (SSSR count). The van der Waals surface area contributed by atoms with Crippen LogP contribution in [-0.4, -0.2) is 47.1 Å². The summed E-state index contributed by atoms with van der Waals surface area (Å²) >= 11 is 0. The lowest BCUT2D eigenvalue weighted by Crippen LogP contribution is -1.81. The summed E-state index contributed by atoms with van der Waals surface area (Å²) in [5, 5.41) is 0. The largest absolute Gasteiger partial charge is 0.332 e. The first-order valence-electron chi connectivity index (χ1n) is 4.19. The molecule has 0 saturated heterocycles. The summed E-state index contributed by atoms with van der Waals surface area (Å²) in [5.74, 6) is 0. The van der Waals surface area contributed by atoms with E-state index < -0.39 is 22.1 Å². The minimum Gasteiger partial charge on any atom is -0.332 e. The molecule has 0 aromatic rings. The van der Waals surface area contributed by atoms with E-state index in [1.165, 1.54) is 33.8 Å². The lowest BCUT2D eigenvalue weighted by molar-refractivity contribution is 0.404. The van der Waals surface area contributed by atoms with Crippen LogP contribution >= 0.6 is 22.1 Å². The molecule has 94 valence electrons. The van der Waals surface area contributed by atoms with Crippen LogP contribution in [0.5, 0.6) is 0 Å². The van der Waals surface area contributed by atoms with Crippen LogP contribution in [0, 0.1) is 0 Å². The van der Waals surface area contributed by atoms with E-state index in [9.17, 15) is 13.7 Å². The maximum Gasteiger partial charge on any atom is 0.202 e. The molecule has 0 aliphatic rings. The van der Waals surface area contributed by atoms with Crippen LogP contribution in [0.3, 0.4) is 0 Å². The lowest BCUT2D eigenvalue weighted by atomic mass is 11.8. The van der Waals surface area contributed by atoms with Crippen molar-refractivity contribution in [1.82, 2.24) is 0 Å². The van der Waals surface area contributed by atoms with Crippen molar-refractivity contribution in [2.45, 2.75) is 0 Å². The van der Waals surface area contributed by atoms with Crippen molar-refractivity contribution in [2.24, 2.45) is 0 Å². The van der Waals surface area contributed by atoms with Gasteiger partial charge < -0.3 is 4.52 Å². The van der Waals surface area contributed by atoms with Gasteiger partial charge in [0, 0.05) is 47.1 Å². The second-order valence-corrected chi connectivity index (χ2v) is 12.6. The van der Waals surface area contributed by atoms with Gasteiger partial charge in [0.05, 0.1) is 0 Å². The van der Waals surface area contributed by atoms with E-state index in [-0.39, 0.29) is 0 Å². The smallest absolute Gasteiger partial charge is 0.202 e. The van der Waals surface area contributed by atoms with Gasteiger partial charge >= 0.3 is 0 Å². The second kappa shape index (κ2) is 6.37. The number of hydrogen-bond acceptors (Lipinski definition) is 5. The maximum absolute atomic E-state index is 10.8. The topological polar surface area (TPSA) is 69.7 Å². The predicted molar refractivity (Wildman–Crippen MR) is 66.5 cm³/mol. The van der Waals surface area contributed by atoms with Crippen molar-refractivity contribution < 1.29 is 22.5 Å². The van der Waals surface area contributed by atoms with Crippen molar-refractivity contribution >= 4 is 22.1 Å². The summed E-state index contributed by atoms with van der Waals surface area (Å²) in [6, 6.07) is 0. The SMILES string of the molecule is COP(C)(C)=O.CP(C)(=O)OP(C)(C)=O. The highest BCUT2D eigenvalue weighted by Gasteiger charge is 2.16. The van der Waals surface area contributed by atoms with Gasteiger partial charge in [-0.3, -0.25) is 18.0 Å². The van der Waals surface area contributed by atoms with Crippen molar-refractivity contribution in [1.29, 1.82) is 0 Å². The molecule has 0 N–H and O–H groups in total. The molecule has 0 fully saturated rings. The first-order valence-corrected chi connectivity index (χ1v) is 11.7. The Kier molecular flexibility index (Phi) is 7.64. The molecule has 15 heavy (non-hydrogen) atoms. The van der Waals surface area contributed by atoms with Crippen LogP contribution in [0.1, 0.15) is 0 Å². The standard InChI is InChI=1S/C4H12O3P2.C3H9O2P/c1-8(2,5)7-9(3,4)6;1-5-6(2,3)4/h1-4H3;1-3H3. The van der Waals surface area contributed by atoms with Gasteiger partial charge in [0.2, 0.25) is 14.7 Å². The van der Waals surface area contributed by atoms with Crippen molar-refractivity contribution in [3.8, 4) is 0 Å². The lowest BCUT2D eigenvalue weighted by Gasteiger charge is -2.10. The summed E-state index contributed by atoms with van der Waals surface area (Å²) in [6.07, 6.45) is 0. The minimum atomic E-state index is -2.55. The van der Waals surface area contributed by atoms with Crippen LogP contribution in [0.2, 0.25) is 0 Å². The molecule has 0 aromatic heterocycles. The average Bonchev–Trinajstić information content (AvgIpc) is 1.78. The van der Waals surface area contributed by atoms with E-state index in [1.807, 2.05) is 0 Å². The zero-order valence-electron chi connectivity index (χ0n) is 10.4. The van der Waals surface area contributed by atoms with E-state index in [0.717, 1.165) is 0 Å². The molecule has 0 aliphatic carbocycles. The molecule has 0 spiro atoms. The van der Waals surface area contributed by atoms with Crippen molar-refractivity contribution in [3.05, 3.63) is 0 Å². The summed E-state index contributed by atoms with van der Waals surface area (Å²) in [7, 11) is -5.80. The molecule has 0 bridgehead atoms. The minimum absolute atomic E-state index is 1.45. The zero-order valence-corrected chi connectivity index (χ0v) is 13.1. The Balaban J connectivity index is 0. The van der Waals surface area contributed by atoms with Gasteiger partial charge in [0.15, 0.2) is 7.37 Å². The number of rotatable bonds is 3. The van der Waals surface area contributed by atoms with E-state index in [2.05, 4.69) is 4.52 Å². The van der Waals surface area contributed by atoms with E-state index in [4.69, 9.17) is 4.31 Å². The molecule has 0 amide bonds. The fourth-order valence-electron chi connectivity index (χ4n) is 0.474. The highest BCUT2D eigenvalue weighted by molar-refractivity contribution is 7.70. The molecule has 0 unspecified atom stereocenters. The molecular formula is C7H21O5P3. The summed E-state index contributed by atoms with van der Waals surface area (Å²) in [5.41, 5.74) is 0. The van der Waals surface area contributed by atoms with Gasteiger partial charge in [-0.15, -0.1) is 0 Å². The first-order chi connectivity index (χ1) is 6.27. The highest BCUT2D eigenvalue weighted by atomic mass is 31.2. The second-order valence-electron chi connectivity index (χ2n) is 4.02. The van der Waals surface area contributed by atoms with E-state index in [0.29, 0.717) is 0 Å². The molecular weight excluding hydrogens is 257 g/mol. The fourth-order valence-corrected chi connectivity index (χ4v) is 4.26. The molecule has 0 atom stereocenters. The third kappa shape index (κ3) is 25.2. The first kappa shape index (κ1) is 18.0. The Hall–Kier alpha value is 0.610. The Morgan fingerprint density at radius 1 is 0.667 bits per heavy atom. The van der Waals surface area contributed by atoms with E-state index in [1.54, 1.807) is 13.3 Å². The Morgan fingerprint density at radius 3 is 0.867 bits per heavy atom. The Morgan fingerprint density at radius 2 is 0.867 bits per heavy atom. The van der Waals surface area contributed by atoms with Crippen LogP contribution in [0.4, 0.5) is 0 Å². The van der Waals surface area contributed by atoms with Crippen LogP contribution < -0.4 is 0 Å². The predicted octanol–water partition coefficient (Wildman–Crippen LogP) is 3.25. The van der Waals surface area contributed by atoms with Crippen LogP contribution in [0.15, 0.2) is 0 Å². The van der Waals surface area contributed by atoms with Crippen molar-refractivity contribution in [2.75, 3.05) is 47.1 Å². The Bertz CT molecular complexity index is 287. The zero-order chi connectivity index (χ0) is 12.9. The van der Waals surface area contributed by atoms with Crippen LogP contribution in [0.25, 0.3) is 0 Å². The van der Waals surface area contributed by atoms with Gasteiger partial charge in [-0.2, -0.15) is 0 Å². The monoisotopic (exact) mass is 278 g/mol. The fraction of sp³-hybridized carbons (Fsp3) is 1.00. The molecule has 0 radical (unpaired) electrons. The summed E-state index contributed by atoms with van der Waals surface area (Å²) in [4.78, 5) is 0. The number of hydrogen-bond donors (Lipinski definition) is 0. The summed E-state index contributed by atoms with van der Waals surface area (Å²) in [6.45, 7) is 8.96. The molecule has 5 nitrogen and oxygen atoms in total. The van der Waals surface area contributed by atoms with E-state index >= 15 is 0 Å². The van der Waals surface area contributed by atoms with Gasteiger partial charge in [-0.05, 0) is 0 Å². The molecule has 8 heteroatoms. The van der Waals surface area contributed by atoms with Gasteiger partial charge in [-0.1, -0.05) is 0 Å². The van der Waals surface area contributed by atoms with Gasteiger partial charge in [-0.25, -0.2) is 0 Å². The normalized spacial score (nSPS) is 13.0. The quantitative estimate of drug-likeness (QED) is 0.741. The third-order valence-electron chi connectivity index (χ3n) is 0.833. The molecule has 0 aliphatic heterocycles. The third-order valence-corrected chi connectivity index (χ3v) is 4.86. The maximum atomic E-state index is 10.8. The van der Waals surface area contributed by atoms with Gasteiger partial charge in [0.25, 0.3) is 0 Å². The Labute approximate surface area is 92.3 Å².